The van der Waals surface area contributed by atoms with E-state index in [0.717, 1.165) is 24.3 Å². The van der Waals surface area contributed by atoms with Gasteiger partial charge in [-0.25, -0.2) is 4.98 Å². The monoisotopic (exact) mass is 207 g/mol. The molecular formula is C12H21N3. The standard InChI is InChI=1S/C12H21N3/c1-4-10(3)15(5-2)12-11(9-13)7-6-8-14-12/h6-8,10H,4-5,9,13H2,1-3H3. The molecule has 1 unspecified atom stereocenters. The average molecular weight is 207 g/mol. The van der Waals surface area contributed by atoms with Gasteiger partial charge in [0.15, 0.2) is 0 Å². The van der Waals surface area contributed by atoms with Crippen molar-refractivity contribution >= 4 is 5.82 Å². The zero-order valence-corrected chi connectivity index (χ0v) is 9.90. The van der Waals surface area contributed by atoms with Crippen molar-refractivity contribution < 1.29 is 0 Å². The van der Waals surface area contributed by atoms with E-state index in [2.05, 4.69) is 30.7 Å². The maximum atomic E-state index is 5.72. The smallest absolute Gasteiger partial charge is 0.133 e. The molecule has 1 rings (SSSR count). The Labute approximate surface area is 92.3 Å². The van der Waals surface area contributed by atoms with Crippen LogP contribution in [0.2, 0.25) is 0 Å². The topological polar surface area (TPSA) is 42.2 Å². The fraction of sp³-hybridized carbons (Fsp3) is 0.583. The molecule has 2 N–H and O–H groups in total. The van der Waals surface area contributed by atoms with Gasteiger partial charge in [-0.15, -0.1) is 0 Å². The Bertz CT molecular complexity index is 299. The summed E-state index contributed by atoms with van der Waals surface area (Å²) in [6, 6.07) is 4.50. The number of nitrogens with two attached hydrogens (primary N) is 1. The van der Waals surface area contributed by atoms with Crippen molar-refractivity contribution in [2.75, 3.05) is 11.4 Å². The Hall–Kier alpha value is -1.09. The lowest BCUT2D eigenvalue weighted by Gasteiger charge is -2.29. The highest BCUT2D eigenvalue weighted by Crippen LogP contribution is 2.19. The van der Waals surface area contributed by atoms with Crippen molar-refractivity contribution in [3.05, 3.63) is 23.9 Å². The highest BCUT2D eigenvalue weighted by atomic mass is 15.2. The lowest BCUT2D eigenvalue weighted by molar-refractivity contribution is 0.620. The minimum Gasteiger partial charge on any atom is -0.354 e. The van der Waals surface area contributed by atoms with Crippen molar-refractivity contribution in [2.45, 2.75) is 39.8 Å². The van der Waals surface area contributed by atoms with Crippen LogP contribution in [0.25, 0.3) is 0 Å². The lowest BCUT2D eigenvalue weighted by Crippen LogP contribution is -2.34. The summed E-state index contributed by atoms with van der Waals surface area (Å²) in [7, 11) is 0. The van der Waals surface area contributed by atoms with Gasteiger partial charge in [0.25, 0.3) is 0 Å². The first-order chi connectivity index (χ1) is 7.24. The molecule has 0 aliphatic rings. The molecule has 0 amide bonds. The average Bonchev–Trinajstić information content (AvgIpc) is 2.30. The van der Waals surface area contributed by atoms with Crippen molar-refractivity contribution in [3.63, 3.8) is 0 Å². The van der Waals surface area contributed by atoms with Gasteiger partial charge < -0.3 is 10.6 Å². The van der Waals surface area contributed by atoms with Gasteiger partial charge in [-0.3, -0.25) is 0 Å². The Morgan fingerprint density at radius 1 is 1.47 bits per heavy atom. The second kappa shape index (κ2) is 5.71. The number of aromatic nitrogens is 1. The van der Waals surface area contributed by atoms with Gasteiger partial charge in [0.05, 0.1) is 0 Å². The number of anilines is 1. The van der Waals surface area contributed by atoms with E-state index >= 15 is 0 Å². The fourth-order valence-corrected chi connectivity index (χ4v) is 1.74. The molecule has 0 bridgehead atoms. The maximum Gasteiger partial charge on any atom is 0.133 e. The lowest BCUT2D eigenvalue weighted by atomic mass is 10.1. The molecule has 0 saturated heterocycles. The van der Waals surface area contributed by atoms with E-state index < -0.39 is 0 Å². The van der Waals surface area contributed by atoms with E-state index in [1.165, 1.54) is 0 Å². The highest BCUT2D eigenvalue weighted by Gasteiger charge is 2.14. The van der Waals surface area contributed by atoms with Crippen molar-refractivity contribution in [1.82, 2.24) is 4.98 Å². The molecule has 15 heavy (non-hydrogen) atoms. The predicted molar refractivity (Wildman–Crippen MR) is 64.9 cm³/mol. The van der Waals surface area contributed by atoms with E-state index in [4.69, 9.17) is 5.73 Å². The van der Waals surface area contributed by atoms with Crippen LogP contribution >= 0.6 is 0 Å². The zero-order chi connectivity index (χ0) is 11.3. The molecule has 0 aliphatic carbocycles. The second-order valence-corrected chi connectivity index (χ2v) is 3.73. The predicted octanol–water partition coefficient (Wildman–Crippen LogP) is 2.17. The molecule has 0 fully saturated rings. The van der Waals surface area contributed by atoms with Gasteiger partial charge in [0.2, 0.25) is 0 Å². The molecule has 1 heterocycles. The normalized spacial score (nSPS) is 12.5. The molecule has 3 nitrogen and oxygen atoms in total. The molecule has 0 aromatic carbocycles. The summed E-state index contributed by atoms with van der Waals surface area (Å²) in [6.07, 6.45) is 2.95. The van der Waals surface area contributed by atoms with Crippen LogP contribution in [0.5, 0.6) is 0 Å². The van der Waals surface area contributed by atoms with Gasteiger partial charge in [-0.05, 0) is 26.3 Å². The van der Waals surface area contributed by atoms with Gasteiger partial charge in [0.1, 0.15) is 5.82 Å². The summed E-state index contributed by atoms with van der Waals surface area (Å²) in [5, 5.41) is 0. The van der Waals surface area contributed by atoms with Crippen LogP contribution in [-0.4, -0.2) is 17.6 Å². The van der Waals surface area contributed by atoms with Crippen LogP contribution in [0.1, 0.15) is 32.8 Å². The molecule has 1 atom stereocenters. The largest absolute Gasteiger partial charge is 0.354 e. The van der Waals surface area contributed by atoms with Crippen molar-refractivity contribution in [3.8, 4) is 0 Å². The SMILES string of the molecule is CCC(C)N(CC)c1ncccc1CN. The first-order valence-corrected chi connectivity index (χ1v) is 5.65. The minimum atomic E-state index is 0.509. The molecule has 1 aromatic heterocycles. The number of rotatable bonds is 5. The maximum absolute atomic E-state index is 5.72. The Morgan fingerprint density at radius 2 is 2.20 bits per heavy atom. The zero-order valence-electron chi connectivity index (χ0n) is 9.90. The first kappa shape index (κ1) is 12.0. The van der Waals surface area contributed by atoms with Gasteiger partial charge in [-0.1, -0.05) is 13.0 Å². The van der Waals surface area contributed by atoms with E-state index in [-0.39, 0.29) is 0 Å². The van der Waals surface area contributed by atoms with Crippen molar-refractivity contribution in [1.29, 1.82) is 0 Å². The van der Waals surface area contributed by atoms with Crippen molar-refractivity contribution in [2.24, 2.45) is 5.73 Å². The summed E-state index contributed by atoms with van der Waals surface area (Å²) in [5.74, 6) is 1.04. The van der Waals surface area contributed by atoms with Crippen LogP contribution in [0, 0.1) is 0 Å². The van der Waals surface area contributed by atoms with Crippen LogP contribution in [0.3, 0.4) is 0 Å². The third kappa shape index (κ3) is 2.69. The summed E-state index contributed by atoms with van der Waals surface area (Å²) < 4.78 is 0. The Morgan fingerprint density at radius 3 is 2.73 bits per heavy atom. The molecule has 3 heteroatoms. The van der Waals surface area contributed by atoms with Gasteiger partial charge >= 0.3 is 0 Å². The molecule has 0 spiro atoms. The molecule has 0 aliphatic heterocycles. The number of nitrogens with zero attached hydrogens (tertiary/aromatic N) is 2. The van der Waals surface area contributed by atoms with Crippen LogP contribution in [-0.2, 0) is 6.54 Å². The summed E-state index contributed by atoms with van der Waals surface area (Å²) in [4.78, 5) is 6.74. The number of hydrogen-bond acceptors (Lipinski definition) is 3. The molecule has 0 saturated carbocycles. The molecule has 84 valence electrons. The summed E-state index contributed by atoms with van der Waals surface area (Å²) >= 11 is 0. The second-order valence-electron chi connectivity index (χ2n) is 3.73. The quantitative estimate of drug-likeness (QED) is 0.804. The highest BCUT2D eigenvalue weighted by molar-refractivity contribution is 5.47. The van der Waals surface area contributed by atoms with E-state index in [0.29, 0.717) is 12.6 Å². The van der Waals surface area contributed by atoms with Gasteiger partial charge in [0, 0.05) is 30.9 Å². The van der Waals surface area contributed by atoms with Gasteiger partial charge in [-0.2, -0.15) is 0 Å². The number of hydrogen-bond donors (Lipinski definition) is 1. The number of pyridine rings is 1. The third-order valence-corrected chi connectivity index (χ3v) is 2.82. The van der Waals surface area contributed by atoms with E-state index in [1.807, 2.05) is 18.3 Å². The fourth-order valence-electron chi connectivity index (χ4n) is 1.74. The van der Waals surface area contributed by atoms with Crippen LogP contribution < -0.4 is 10.6 Å². The molecule has 1 aromatic rings. The molecule has 0 radical (unpaired) electrons. The minimum absolute atomic E-state index is 0.509. The van der Waals surface area contributed by atoms with Crippen LogP contribution in [0.15, 0.2) is 18.3 Å². The van der Waals surface area contributed by atoms with Crippen LogP contribution in [0.4, 0.5) is 5.82 Å². The molecular weight excluding hydrogens is 186 g/mol. The van der Waals surface area contributed by atoms with E-state index in [1.54, 1.807) is 0 Å². The first-order valence-electron chi connectivity index (χ1n) is 5.65. The van der Waals surface area contributed by atoms with E-state index in [9.17, 15) is 0 Å². The third-order valence-electron chi connectivity index (χ3n) is 2.82. The summed E-state index contributed by atoms with van der Waals surface area (Å²) in [6.45, 7) is 8.09. The summed E-state index contributed by atoms with van der Waals surface area (Å²) in [5.41, 5.74) is 6.84. The Kier molecular flexibility index (Phi) is 4.56. The Balaban J connectivity index is 3.00.